The van der Waals surface area contributed by atoms with Crippen molar-refractivity contribution in [2.24, 2.45) is 0 Å². The van der Waals surface area contributed by atoms with Crippen LogP contribution in [0.15, 0.2) is 0 Å². The summed E-state index contributed by atoms with van der Waals surface area (Å²) in [4.78, 5) is 0. The lowest BCUT2D eigenvalue weighted by Crippen LogP contribution is -2.04. The van der Waals surface area contributed by atoms with E-state index in [-0.39, 0.29) is 6.61 Å². The maximum atomic E-state index is 10.1. The van der Waals surface area contributed by atoms with Crippen molar-refractivity contribution in [2.75, 3.05) is 6.61 Å². The Morgan fingerprint density at radius 1 is 1.08 bits per heavy atom. The number of hydrogen-bond donors (Lipinski definition) is 1. The van der Waals surface area contributed by atoms with Crippen LogP contribution in [0.4, 0.5) is 0 Å². The smallest absolute Gasteiger partial charge is 0.264 e. The van der Waals surface area contributed by atoms with Crippen LogP contribution in [-0.2, 0) is 14.6 Å². The van der Waals surface area contributed by atoms with Crippen LogP contribution in [0.5, 0.6) is 0 Å². The summed E-state index contributed by atoms with van der Waals surface area (Å²) in [5.41, 5.74) is 0. The van der Waals surface area contributed by atoms with E-state index in [0.717, 1.165) is 12.8 Å². The zero-order chi connectivity index (χ0) is 10.2. The summed E-state index contributed by atoms with van der Waals surface area (Å²) in [6, 6.07) is 0. The minimum absolute atomic E-state index is 0.0883. The molecule has 0 aromatic rings. The summed E-state index contributed by atoms with van der Waals surface area (Å²) < 4.78 is 32.6. The molecule has 0 aliphatic carbocycles. The van der Waals surface area contributed by atoms with E-state index in [2.05, 4.69) is 11.1 Å². The van der Waals surface area contributed by atoms with Gasteiger partial charge in [-0.05, 0) is 6.42 Å². The van der Waals surface area contributed by atoms with Crippen molar-refractivity contribution in [1.29, 1.82) is 0 Å². The van der Waals surface area contributed by atoms with E-state index in [1.54, 1.807) is 0 Å². The monoisotopic (exact) mass is 210 g/mol. The highest BCUT2D eigenvalue weighted by Crippen LogP contribution is 2.05. The lowest BCUT2D eigenvalue weighted by molar-refractivity contribution is 0.261. The Hall–Kier alpha value is -0.130. The van der Waals surface area contributed by atoms with E-state index >= 15 is 0 Å². The zero-order valence-electron chi connectivity index (χ0n) is 8.03. The molecule has 0 heterocycles. The van der Waals surface area contributed by atoms with E-state index in [4.69, 9.17) is 4.55 Å². The van der Waals surface area contributed by atoms with Crippen molar-refractivity contribution >= 4 is 10.4 Å². The molecule has 0 spiro atoms. The average molecular weight is 210 g/mol. The highest BCUT2D eigenvalue weighted by atomic mass is 32.3. The minimum Gasteiger partial charge on any atom is -0.264 e. The fourth-order valence-corrected chi connectivity index (χ4v) is 1.38. The Morgan fingerprint density at radius 2 is 1.62 bits per heavy atom. The van der Waals surface area contributed by atoms with Crippen LogP contribution in [-0.4, -0.2) is 19.6 Å². The van der Waals surface area contributed by atoms with Crippen LogP contribution in [0.25, 0.3) is 0 Å². The van der Waals surface area contributed by atoms with Crippen molar-refractivity contribution in [3.05, 3.63) is 0 Å². The molecule has 0 aliphatic rings. The second-order valence-corrected chi connectivity index (χ2v) is 4.11. The van der Waals surface area contributed by atoms with Crippen LogP contribution in [0.3, 0.4) is 0 Å². The van der Waals surface area contributed by atoms with Crippen molar-refractivity contribution in [3.8, 4) is 0 Å². The largest absolute Gasteiger partial charge is 0.397 e. The van der Waals surface area contributed by atoms with E-state index in [0.29, 0.717) is 6.42 Å². The molecule has 4 nitrogen and oxygen atoms in total. The van der Waals surface area contributed by atoms with E-state index < -0.39 is 10.4 Å². The van der Waals surface area contributed by atoms with Gasteiger partial charge in [-0.3, -0.25) is 4.55 Å². The third kappa shape index (κ3) is 11.9. The summed E-state index contributed by atoms with van der Waals surface area (Å²) in [5.74, 6) is 0. The van der Waals surface area contributed by atoms with Crippen LogP contribution in [0.1, 0.15) is 45.4 Å². The molecular weight excluding hydrogens is 192 g/mol. The van der Waals surface area contributed by atoms with Crippen LogP contribution < -0.4 is 0 Å². The summed E-state index contributed by atoms with van der Waals surface area (Å²) in [6.07, 6.45) is 6.34. The molecule has 0 unspecified atom stereocenters. The van der Waals surface area contributed by atoms with Gasteiger partial charge in [0.05, 0.1) is 6.61 Å². The van der Waals surface area contributed by atoms with E-state index in [9.17, 15) is 8.42 Å². The first-order valence-electron chi connectivity index (χ1n) is 4.68. The molecule has 80 valence electrons. The van der Waals surface area contributed by atoms with Gasteiger partial charge in [0.2, 0.25) is 0 Å². The normalized spacial score (nSPS) is 11.8. The second kappa shape index (κ2) is 7.29. The van der Waals surface area contributed by atoms with Gasteiger partial charge in [-0.15, -0.1) is 0 Å². The maximum absolute atomic E-state index is 10.1. The van der Waals surface area contributed by atoms with E-state index in [1.165, 1.54) is 19.3 Å². The van der Waals surface area contributed by atoms with Crippen molar-refractivity contribution in [2.45, 2.75) is 45.4 Å². The highest BCUT2D eigenvalue weighted by Gasteiger charge is 2.02. The number of hydrogen-bond acceptors (Lipinski definition) is 3. The van der Waals surface area contributed by atoms with E-state index in [1.807, 2.05) is 0 Å². The fraction of sp³-hybridized carbons (Fsp3) is 1.00. The maximum Gasteiger partial charge on any atom is 0.397 e. The van der Waals surface area contributed by atoms with Crippen molar-refractivity contribution in [3.63, 3.8) is 0 Å². The first kappa shape index (κ1) is 12.9. The Labute approximate surface area is 80.2 Å². The summed E-state index contributed by atoms with van der Waals surface area (Å²) >= 11 is 0. The summed E-state index contributed by atoms with van der Waals surface area (Å²) in [7, 11) is -4.22. The molecule has 0 radical (unpaired) electrons. The molecular formula is C8H18O4S. The first-order chi connectivity index (χ1) is 6.06. The fourth-order valence-electron chi connectivity index (χ4n) is 1.05. The summed E-state index contributed by atoms with van der Waals surface area (Å²) in [6.45, 7) is 2.23. The van der Waals surface area contributed by atoms with Crippen molar-refractivity contribution < 1.29 is 17.2 Å². The predicted molar refractivity (Wildman–Crippen MR) is 50.9 cm³/mol. The second-order valence-electron chi connectivity index (χ2n) is 3.02. The lowest BCUT2D eigenvalue weighted by Gasteiger charge is -2.00. The van der Waals surface area contributed by atoms with Gasteiger partial charge in [-0.2, -0.15) is 8.42 Å². The number of unbranched alkanes of at least 4 members (excludes halogenated alkanes) is 5. The Balaban J connectivity index is 3.09. The molecule has 0 bridgehead atoms. The van der Waals surface area contributed by atoms with Gasteiger partial charge in [0.25, 0.3) is 0 Å². The van der Waals surface area contributed by atoms with Gasteiger partial charge < -0.3 is 0 Å². The first-order valence-corrected chi connectivity index (χ1v) is 6.04. The lowest BCUT2D eigenvalue weighted by atomic mass is 10.1. The molecule has 0 saturated heterocycles. The Bertz CT molecular complexity index is 198. The molecule has 0 aromatic carbocycles. The standard InChI is InChI=1S/C8H18O4S/c1-2-3-4-5-6-7-8-12-13(9,10)11/h2-8H2,1H3,(H,9,10,11). The molecule has 0 rings (SSSR count). The van der Waals surface area contributed by atoms with Crippen LogP contribution in [0, 0.1) is 0 Å². The van der Waals surface area contributed by atoms with Gasteiger partial charge in [0.15, 0.2) is 0 Å². The quantitative estimate of drug-likeness (QED) is 0.492. The van der Waals surface area contributed by atoms with Gasteiger partial charge in [-0.1, -0.05) is 39.0 Å². The molecule has 0 atom stereocenters. The molecule has 0 saturated carbocycles. The molecule has 1 N–H and O–H groups in total. The number of rotatable bonds is 8. The van der Waals surface area contributed by atoms with Crippen LogP contribution in [0.2, 0.25) is 0 Å². The zero-order valence-corrected chi connectivity index (χ0v) is 8.85. The minimum atomic E-state index is -4.22. The van der Waals surface area contributed by atoms with Gasteiger partial charge in [0.1, 0.15) is 0 Å². The van der Waals surface area contributed by atoms with Gasteiger partial charge in [0, 0.05) is 0 Å². The molecule has 13 heavy (non-hydrogen) atoms. The third-order valence-corrected chi connectivity index (χ3v) is 2.19. The average Bonchev–Trinajstić information content (AvgIpc) is 2.01. The Morgan fingerprint density at radius 3 is 2.15 bits per heavy atom. The molecule has 0 aromatic heterocycles. The molecule has 0 aliphatic heterocycles. The SMILES string of the molecule is CCCCCCCCOS(=O)(=O)O. The van der Waals surface area contributed by atoms with Gasteiger partial charge in [-0.25, -0.2) is 4.18 Å². The molecule has 5 heteroatoms. The van der Waals surface area contributed by atoms with Gasteiger partial charge >= 0.3 is 10.4 Å². The predicted octanol–water partition coefficient (Wildman–Crippen LogP) is 2.17. The summed E-state index contributed by atoms with van der Waals surface area (Å²) in [5, 5.41) is 0. The van der Waals surface area contributed by atoms with Crippen LogP contribution >= 0.6 is 0 Å². The van der Waals surface area contributed by atoms with Crippen molar-refractivity contribution in [1.82, 2.24) is 0 Å². The highest BCUT2D eigenvalue weighted by molar-refractivity contribution is 7.80. The topological polar surface area (TPSA) is 63.6 Å². The molecule has 0 amide bonds. The Kier molecular flexibility index (Phi) is 7.22. The molecule has 0 fully saturated rings. The third-order valence-electron chi connectivity index (χ3n) is 1.73.